The summed E-state index contributed by atoms with van der Waals surface area (Å²) in [4.78, 5) is 10.1. The van der Waals surface area contributed by atoms with Gasteiger partial charge in [0, 0.05) is 5.41 Å². The zero-order chi connectivity index (χ0) is 9.07. The van der Waals surface area contributed by atoms with Crippen LogP contribution in [0.2, 0.25) is 0 Å². The lowest BCUT2D eigenvalue weighted by molar-refractivity contribution is 0.0981. The molecule has 0 amide bonds. The van der Waals surface area contributed by atoms with Crippen molar-refractivity contribution in [2.75, 3.05) is 0 Å². The van der Waals surface area contributed by atoms with Crippen molar-refractivity contribution >= 4 is 6.16 Å². The first-order valence-corrected chi connectivity index (χ1v) is 3.50. The van der Waals surface area contributed by atoms with Crippen LogP contribution in [0.15, 0.2) is 12.3 Å². The molecule has 0 fully saturated rings. The average molecular weight is 158 g/mol. The molecule has 0 atom stereocenters. The van der Waals surface area contributed by atoms with Crippen LogP contribution in [0.3, 0.4) is 0 Å². The van der Waals surface area contributed by atoms with Crippen molar-refractivity contribution in [3.8, 4) is 0 Å². The molecule has 0 saturated heterocycles. The fraction of sp³-hybridized carbons (Fsp3) is 0.625. The Labute approximate surface area is 66.7 Å². The van der Waals surface area contributed by atoms with Crippen LogP contribution >= 0.6 is 0 Å². The number of rotatable bonds is 3. The Morgan fingerprint density at radius 3 is 2.36 bits per heavy atom. The van der Waals surface area contributed by atoms with Crippen molar-refractivity contribution < 1.29 is 14.6 Å². The van der Waals surface area contributed by atoms with Crippen molar-refractivity contribution in [2.45, 2.75) is 27.2 Å². The molecule has 0 aromatic rings. The van der Waals surface area contributed by atoms with Crippen molar-refractivity contribution in [2.24, 2.45) is 5.41 Å². The molecule has 0 radical (unpaired) electrons. The van der Waals surface area contributed by atoms with Crippen molar-refractivity contribution in [3.63, 3.8) is 0 Å². The summed E-state index contributed by atoms with van der Waals surface area (Å²) < 4.78 is 4.43. The van der Waals surface area contributed by atoms with Gasteiger partial charge in [-0.3, -0.25) is 0 Å². The van der Waals surface area contributed by atoms with Gasteiger partial charge in [-0.05, 0) is 6.42 Å². The Bertz CT molecular complexity index is 170. The smallest absolute Gasteiger partial charge is 0.449 e. The van der Waals surface area contributed by atoms with Crippen molar-refractivity contribution in [3.05, 3.63) is 12.3 Å². The third-order valence-electron chi connectivity index (χ3n) is 1.85. The van der Waals surface area contributed by atoms with Gasteiger partial charge >= 0.3 is 6.16 Å². The minimum absolute atomic E-state index is 0.265. The Kier molecular flexibility index (Phi) is 3.11. The molecule has 0 rings (SSSR count). The fourth-order valence-electron chi connectivity index (χ4n) is 0.441. The lowest BCUT2D eigenvalue weighted by atomic mass is 9.89. The van der Waals surface area contributed by atoms with Crippen LogP contribution in [0.5, 0.6) is 0 Å². The molecule has 64 valence electrons. The minimum Gasteiger partial charge on any atom is -0.449 e. The maximum Gasteiger partial charge on any atom is 0.511 e. The van der Waals surface area contributed by atoms with E-state index in [1.54, 1.807) is 0 Å². The van der Waals surface area contributed by atoms with Gasteiger partial charge in [-0.25, -0.2) is 4.79 Å². The number of hydrogen-bond acceptors (Lipinski definition) is 2. The van der Waals surface area contributed by atoms with Crippen LogP contribution in [0.25, 0.3) is 0 Å². The molecule has 0 bridgehead atoms. The number of carboxylic acid groups (broad SMARTS) is 1. The van der Waals surface area contributed by atoms with Crippen LogP contribution in [0.1, 0.15) is 27.2 Å². The molecule has 0 spiro atoms. The predicted octanol–water partition coefficient (Wildman–Crippen LogP) is 2.63. The second kappa shape index (κ2) is 3.42. The van der Waals surface area contributed by atoms with E-state index in [-0.39, 0.29) is 5.41 Å². The molecule has 0 aliphatic heterocycles. The quantitative estimate of drug-likeness (QED) is 0.507. The molecule has 11 heavy (non-hydrogen) atoms. The van der Waals surface area contributed by atoms with Gasteiger partial charge in [-0.15, -0.1) is 0 Å². The van der Waals surface area contributed by atoms with Gasteiger partial charge in [-0.1, -0.05) is 27.4 Å². The highest BCUT2D eigenvalue weighted by atomic mass is 16.7. The maximum absolute atomic E-state index is 10.1. The first-order valence-electron chi connectivity index (χ1n) is 3.50. The van der Waals surface area contributed by atoms with E-state index in [9.17, 15) is 4.79 Å². The summed E-state index contributed by atoms with van der Waals surface area (Å²) in [6.07, 6.45) is -0.490. The van der Waals surface area contributed by atoms with Gasteiger partial charge in [0.05, 0.1) is 0 Å². The van der Waals surface area contributed by atoms with Crippen LogP contribution in [0, 0.1) is 5.41 Å². The van der Waals surface area contributed by atoms with E-state index in [1.807, 2.05) is 20.8 Å². The van der Waals surface area contributed by atoms with Gasteiger partial charge in [0.2, 0.25) is 0 Å². The monoisotopic (exact) mass is 158 g/mol. The SMILES string of the molecule is C=C(OC(=O)O)C(C)(C)CC. The topological polar surface area (TPSA) is 46.5 Å². The standard InChI is InChI=1S/C8H14O3/c1-5-8(3,4)6(2)11-7(9)10/h2,5H2,1,3-4H3,(H,9,10). The molecule has 3 nitrogen and oxygen atoms in total. The summed E-state index contributed by atoms with van der Waals surface area (Å²) >= 11 is 0. The minimum atomic E-state index is -1.29. The summed E-state index contributed by atoms with van der Waals surface area (Å²) in [5.74, 6) is 0.299. The summed E-state index contributed by atoms with van der Waals surface area (Å²) in [5.41, 5.74) is -0.265. The molecule has 0 unspecified atom stereocenters. The zero-order valence-electron chi connectivity index (χ0n) is 7.18. The lowest BCUT2D eigenvalue weighted by Gasteiger charge is -2.22. The number of hydrogen-bond donors (Lipinski definition) is 1. The molecule has 1 N–H and O–H groups in total. The first-order chi connectivity index (χ1) is 4.90. The Morgan fingerprint density at radius 2 is 2.09 bits per heavy atom. The van der Waals surface area contributed by atoms with Gasteiger partial charge in [0.1, 0.15) is 5.76 Å². The molecule has 0 aliphatic rings. The van der Waals surface area contributed by atoms with E-state index in [0.29, 0.717) is 5.76 Å². The van der Waals surface area contributed by atoms with E-state index in [2.05, 4.69) is 11.3 Å². The highest BCUT2D eigenvalue weighted by Crippen LogP contribution is 2.29. The Morgan fingerprint density at radius 1 is 1.64 bits per heavy atom. The van der Waals surface area contributed by atoms with Gasteiger partial charge < -0.3 is 9.84 Å². The fourth-order valence-corrected chi connectivity index (χ4v) is 0.441. The Balaban J connectivity index is 4.13. The molecule has 0 aromatic carbocycles. The molecule has 0 aromatic heterocycles. The lowest BCUT2D eigenvalue weighted by Crippen LogP contribution is -2.17. The van der Waals surface area contributed by atoms with Gasteiger partial charge in [0.15, 0.2) is 0 Å². The average Bonchev–Trinajstić information content (AvgIpc) is 1.86. The van der Waals surface area contributed by atoms with E-state index in [0.717, 1.165) is 6.42 Å². The molecule has 3 heteroatoms. The van der Waals surface area contributed by atoms with E-state index in [4.69, 9.17) is 5.11 Å². The third kappa shape index (κ3) is 3.07. The molecule has 0 saturated carbocycles. The van der Waals surface area contributed by atoms with Gasteiger partial charge in [0.25, 0.3) is 0 Å². The van der Waals surface area contributed by atoms with Crippen LogP contribution in [0.4, 0.5) is 4.79 Å². The van der Waals surface area contributed by atoms with Crippen LogP contribution in [-0.2, 0) is 4.74 Å². The summed E-state index contributed by atoms with van der Waals surface area (Å²) in [6, 6.07) is 0. The van der Waals surface area contributed by atoms with Gasteiger partial charge in [-0.2, -0.15) is 0 Å². The van der Waals surface area contributed by atoms with Crippen molar-refractivity contribution in [1.29, 1.82) is 0 Å². The molecule has 0 aliphatic carbocycles. The number of allylic oxidation sites excluding steroid dienone is 1. The summed E-state index contributed by atoms with van der Waals surface area (Å²) in [7, 11) is 0. The van der Waals surface area contributed by atoms with E-state index < -0.39 is 6.16 Å². The highest BCUT2D eigenvalue weighted by Gasteiger charge is 2.22. The first kappa shape index (κ1) is 10.0. The second-order valence-electron chi connectivity index (χ2n) is 3.03. The Hall–Kier alpha value is -0.990. The maximum atomic E-state index is 10.1. The molecule has 0 heterocycles. The van der Waals surface area contributed by atoms with E-state index >= 15 is 0 Å². The zero-order valence-corrected chi connectivity index (χ0v) is 7.18. The summed E-state index contributed by atoms with van der Waals surface area (Å²) in [5, 5.41) is 8.26. The second-order valence-corrected chi connectivity index (χ2v) is 3.03. The predicted molar refractivity (Wildman–Crippen MR) is 42.3 cm³/mol. The third-order valence-corrected chi connectivity index (χ3v) is 1.85. The van der Waals surface area contributed by atoms with Crippen LogP contribution in [-0.4, -0.2) is 11.3 Å². The number of ether oxygens (including phenoxy) is 1. The molecular formula is C8H14O3. The molecular weight excluding hydrogens is 144 g/mol. The van der Waals surface area contributed by atoms with Crippen LogP contribution < -0.4 is 0 Å². The van der Waals surface area contributed by atoms with E-state index in [1.165, 1.54) is 0 Å². The summed E-state index contributed by atoms with van der Waals surface area (Å²) in [6.45, 7) is 9.26. The highest BCUT2D eigenvalue weighted by molar-refractivity contribution is 5.58. The largest absolute Gasteiger partial charge is 0.511 e. The normalized spacial score (nSPS) is 10.8. The van der Waals surface area contributed by atoms with Crippen molar-refractivity contribution in [1.82, 2.24) is 0 Å². The number of carbonyl (C=O) groups is 1.